The van der Waals surface area contributed by atoms with Gasteiger partial charge in [-0.3, -0.25) is 4.79 Å². The Labute approximate surface area is 133 Å². The van der Waals surface area contributed by atoms with Crippen molar-refractivity contribution in [3.63, 3.8) is 0 Å². The fourth-order valence-corrected chi connectivity index (χ4v) is 1.61. The molecule has 0 fully saturated rings. The van der Waals surface area contributed by atoms with Gasteiger partial charge in [-0.05, 0) is 31.9 Å². The maximum atomic E-state index is 13.1. The molecule has 5 nitrogen and oxygen atoms in total. The number of esters is 1. The minimum Gasteiger partial charge on any atom is -0.449 e. The van der Waals surface area contributed by atoms with Crippen molar-refractivity contribution in [3.05, 3.63) is 35.4 Å². The summed E-state index contributed by atoms with van der Waals surface area (Å²) in [6, 6.07) is 4.23. The van der Waals surface area contributed by atoms with Crippen molar-refractivity contribution in [1.29, 1.82) is 5.26 Å². The third-order valence-electron chi connectivity index (χ3n) is 3.52. The van der Waals surface area contributed by atoms with Crippen LogP contribution in [0.3, 0.4) is 0 Å². The van der Waals surface area contributed by atoms with Crippen LogP contribution < -0.4 is 5.32 Å². The molecule has 1 amide bonds. The van der Waals surface area contributed by atoms with Crippen molar-refractivity contribution in [2.45, 2.75) is 39.3 Å². The summed E-state index contributed by atoms with van der Waals surface area (Å²) in [4.78, 5) is 23.9. The van der Waals surface area contributed by atoms with Crippen LogP contribution in [0.15, 0.2) is 18.2 Å². The van der Waals surface area contributed by atoms with E-state index in [0.29, 0.717) is 6.07 Å². The molecule has 0 radical (unpaired) electrons. The lowest BCUT2D eigenvalue weighted by atomic mass is 9.90. The number of ether oxygens (including phenoxy) is 1. The zero-order chi connectivity index (χ0) is 17.8. The number of amides is 1. The molecule has 0 saturated carbocycles. The summed E-state index contributed by atoms with van der Waals surface area (Å²) in [5, 5.41) is 11.6. The normalized spacial score (nSPS) is 14.5. The number of carbonyl (C=O) groups excluding carboxylic acids is 2. The van der Waals surface area contributed by atoms with E-state index in [4.69, 9.17) is 10.00 Å². The highest BCUT2D eigenvalue weighted by atomic mass is 19.1. The van der Waals surface area contributed by atoms with Gasteiger partial charge in [0.15, 0.2) is 6.10 Å². The molecule has 0 bridgehead atoms. The molecule has 0 aromatic heterocycles. The molecule has 7 heteroatoms. The van der Waals surface area contributed by atoms with Gasteiger partial charge in [-0.15, -0.1) is 0 Å². The minimum atomic E-state index is -1.22. The van der Waals surface area contributed by atoms with Crippen molar-refractivity contribution < 1.29 is 23.1 Å². The van der Waals surface area contributed by atoms with Crippen molar-refractivity contribution in [3.8, 4) is 6.07 Å². The van der Waals surface area contributed by atoms with Gasteiger partial charge in [0.25, 0.3) is 5.91 Å². The number of carbonyl (C=O) groups is 2. The quantitative estimate of drug-likeness (QED) is 0.844. The highest BCUT2D eigenvalue weighted by Gasteiger charge is 2.32. The maximum absolute atomic E-state index is 13.1. The standard InChI is InChI=1S/C16H18F2N2O3/c1-9(2)16(4,8-19)20-14(21)10(3)23-15(22)11-5-12(17)7-13(18)6-11/h5-7,9-10H,1-4H3,(H,20,21). The molecule has 124 valence electrons. The lowest BCUT2D eigenvalue weighted by molar-refractivity contribution is -0.130. The molecule has 23 heavy (non-hydrogen) atoms. The molecule has 0 aliphatic rings. The van der Waals surface area contributed by atoms with E-state index in [1.54, 1.807) is 20.8 Å². The van der Waals surface area contributed by atoms with Gasteiger partial charge >= 0.3 is 5.97 Å². The average Bonchev–Trinajstić information content (AvgIpc) is 2.45. The first kappa shape index (κ1) is 18.6. The van der Waals surface area contributed by atoms with Crippen LogP contribution in [0, 0.1) is 28.9 Å². The van der Waals surface area contributed by atoms with Gasteiger partial charge in [0, 0.05) is 6.07 Å². The third kappa shape index (κ3) is 4.74. The summed E-state index contributed by atoms with van der Waals surface area (Å²) < 4.78 is 31.0. The Morgan fingerprint density at radius 3 is 2.17 bits per heavy atom. The monoisotopic (exact) mass is 324 g/mol. The van der Waals surface area contributed by atoms with E-state index >= 15 is 0 Å². The van der Waals surface area contributed by atoms with Gasteiger partial charge in [0.05, 0.1) is 11.6 Å². The highest BCUT2D eigenvalue weighted by Crippen LogP contribution is 2.16. The van der Waals surface area contributed by atoms with E-state index in [1.807, 2.05) is 6.07 Å². The Hall–Kier alpha value is -2.49. The first-order valence-electron chi connectivity index (χ1n) is 6.99. The van der Waals surface area contributed by atoms with Gasteiger partial charge in [0.1, 0.15) is 17.2 Å². The van der Waals surface area contributed by atoms with Crippen LogP contribution in [0.25, 0.3) is 0 Å². The van der Waals surface area contributed by atoms with Crippen LogP contribution >= 0.6 is 0 Å². The molecule has 0 spiro atoms. The summed E-state index contributed by atoms with van der Waals surface area (Å²) in [6.45, 7) is 6.37. The lowest BCUT2D eigenvalue weighted by Gasteiger charge is -2.28. The molecule has 0 aliphatic heterocycles. The molecule has 1 aromatic carbocycles. The number of nitrogens with one attached hydrogen (secondary N) is 1. The predicted molar refractivity (Wildman–Crippen MR) is 78.2 cm³/mol. The number of hydrogen-bond donors (Lipinski definition) is 1. The van der Waals surface area contributed by atoms with E-state index in [1.165, 1.54) is 6.92 Å². The van der Waals surface area contributed by atoms with Gasteiger partial charge in [0.2, 0.25) is 0 Å². The Morgan fingerprint density at radius 1 is 1.22 bits per heavy atom. The topological polar surface area (TPSA) is 79.2 Å². The molecule has 1 rings (SSSR count). The fraction of sp³-hybridized carbons (Fsp3) is 0.438. The second-order valence-electron chi connectivity index (χ2n) is 5.66. The summed E-state index contributed by atoms with van der Waals surface area (Å²) in [7, 11) is 0. The molecule has 0 heterocycles. The molecular weight excluding hydrogens is 306 g/mol. The molecule has 0 saturated heterocycles. The third-order valence-corrected chi connectivity index (χ3v) is 3.52. The fourth-order valence-electron chi connectivity index (χ4n) is 1.61. The molecule has 2 unspecified atom stereocenters. The van der Waals surface area contributed by atoms with Crippen LogP contribution in [-0.4, -0.2) is 23.5 Å². The Balaban J connectivity index is 2.79. The molecule has 1 aromatic rings. The van der Waals surface area contributed by atoms with E-state index in [2.05, 4.69) is 5.32 Å². The van der Waals surface area contributed by atoms with Crippen LogP contribution in [0.2, 0.25) is 0 Å². The minimum absolute atomic E-state index is 0.170. The smallest absolute Gasteiger partial charge is 0.339 e. The molecule has 0 aliphatic carbocycles. The Morgan fingerprint density at radius 2 is 1.74 bits per heavy atom. The van der Waals surface area contributed by atoms with Crippen molar-refractivity contribution in [2.75, 3.05) is 0 Å². The largest absolute Gasteiger partial charge is 0.449 e. The highest BCUT2D eigenvalue weighted by molar-refractivity contribution is 5.92. The summed E-state index contributed by atoms with van der Waals surface area (Å²) in [5.74, 6) is -3.73. The predicted octanol–water partition coefficient (Wildman–Crippen LogP) is 2.56. The average molecular weight is 324 g/mol. The zero-order valence-corrected chi connectivity index (χ0v) is 13.3. The van der Waals surface area contributed by atoms with E-state index in [-0.39, 0.29) is 11.5 Å². The zero-order valence-electron chi connectivity index (χ0n) is 13.3. The second kappa shape index (κ2) is 7.18. The van der Waals surface area contributed by atoms with Crippen LogP contribution in [0.4, 0.5) is 8.78 Å². The summed E-state index contributed by atoms with van der Waals surface area (Å²) >= 11 is 0. The van der Waals surface area contributed by atoms with Gasteiger partial charge < -0.3 is 10.1 Å². The van der Waals surface area contributed by atoms with Crippen LogP contribution in [0.5, 0.6) is 0 Å². The maximum Gasteiger partial charge on any atom is 0.339 e. The van der Waals surface area contributed by atoms with Crippen molar-refractivity contribution >= 4 is 11.9 Å². The number of halogens is 2. The first-order chi connectivity index (χ1) is 10.6. The molecular formula is C16H18F2N2O3. The second-order valence-corrected chi connectivity index (χ2v) is 5.66. The van der Waals surface area contributed by atoms with E-state index in [0.717, 1.165) is 12.1 Å². The number of nitriles is 1. The number of hydrogen-bond acceptors (Lipinski definition) is 4. The van der Waals surface area contributed by atoms with E-state index < -0.39 is 35.2 Å². The number of rotatable bonds is 5. The Kier molecular flexibility index (Phi) is 5.79. The number of benzene rings is 1. The number of nitrogens with zero attached hydrogens (tertiary/aromatic N) is 1. The van der Waals surface area contributed by atoms with Crippen LogP contribution in [0.1, 0.15) is 38.1 Å². The molecule has 1 N–H and O–H groups in total. The Bertz CT molecular complexity index is 635. The van der Waals surface area contributed by atoms with Gasteiger partial charge in [-0.1, -0.05) is 13.8 Å². The lowest BCUT2D eigenvalue weighted by Crippen LogP contribution is -2.52. The van der Waals surface area contributed by atoms with Crippen LogP contribution in [-0.2, 0) is 9.53 Å². The van der Waals surface area contributed by atoms with Crippen molar-refractivity contribution in [2.24, 2.45) is 5.92 Å². The van der Waals surface area contributed by atoms with Crippen molar-refractivity contribution in [1.82, 2.24) is 5.32 Å². The van der Waals surface area contributed by atoms with E-state index in [9.17, 15) is 18.4 Å². The van der Waals surface area contributed by atoms with Gasteiger partial charge in [-0.25, -0.2) is 13.6 Å². The summed E-state index contributed by atoms with van der Waals surface area (Å²) in [6.07, 6.45) is -1.22. The molecule has 2 atom stereocenters. The summed E-state index contributed by atoms with van der Waals surface area (Å²) in [5.41, 5.74) is -1.46. The first-order valence-corrected chi connectivity index (χ1v) is 6.99. The SMILES string of the molecule is CC(OC(=O)c1cc(F)cc(F)c1)C(=O)NC(C)(C#N)C(C)C. The van der Waals surface area contributed by atoms with Gasteiger partial charge in [-0.2, -0.15) is 5.26 Å².